The second-order valence-electron chi connectivity index (χ2n) is 2.87. The van der Waals surface area contributed by atoms with E-state index in [-0.39, 0.29) is 6.04 Å². The van der Waals surface area contributed by atoms with E-state index < -0.39 is 0 Å². The molecule has 0 amide bonds. The molecule has 1 heterocycles. The van der Waals surface area contributed by atoms with Gasteiger partial charge in [0.25, 0.3) is 0 Å². The molecule has 2 N–H and O–H groups in total. The van der Waals surface area contributed by atoms with Crippen LogP contribution in [0.25, 0.3) is 0 Å². The lowest BCUT2D eigenvalue weighted by Crippen LogP contribution is -2.11. The van der Waals surface area contributed by atoms with Crippen LogP contribution in [0.5, 0.6) is 5.75 Å². The van der Waals surface area contributed by atoms with Crippen LogP contribution in [-0.4, -0.2) is 6.61 Å². The fraction of sp³-hybridized carbons (Fsp3) is 0.222. The summed E-state index contributed by atoms with van der Waals surface area (Å²) in [6.45, 7) is 0.397. The Morgan fingerprint density at radius 1 is 1.62 bits per heavy atom. The maximum Gasteiger partial charge on any atom is 0.144 e. The molecule has 0 saturated carbocycles. The number of halogens is 1. The van der Waals surface area contributed by atoms with Gasteiger partial charge in [0.2, 0.25) is 0 Å². The number of benzene rings is 1. The van der Waals surface area contributed by atoms with Crippen LogP contribution in [0, 0.1) is 11.3 Å². The minimum Gasteiger partial charge on any atom is -0.490 e. The fourth-order valence-electron chi connectivity index (χ4n) is 1.44. The maximum absolute atomic E-state index is 8.81. The van der Waals surface area contributed by atoms with Crippen molar-refractivity contribution in [1.82, 2.24) is 0 Å². The Kier molecular flexibility index (Phi) is 1.87. The van der Waals surface area contributed by atoms with E-state index in [2.05, 4.69) is 6.07 Å². The second kappa shape index (κ2) is 2.91. The van der Waals surface area contributed by atoms with Crippen molar-refractivity contribution in [1.29, 1.82) is 5.26 Å². The molecule has 3 nitrogen and oxygen atoms in total. The molecular formula is C9H7ClN2O. The second-order valence-corrected chi connectivity index (χ2v) is 3.27. The van der Waals surface area contributed by atoms with Gasteiger partial charge < -0.3 is 10.5 Å². The Hall–Kier alpha value is -1.24. The van der Waals surface area contributed by atoms with Gasteiger partial charge in [-0.05, 0) is 12.1 Å². The molecule has 4 heteroatoms. The Morgan fingerprint density at radius 2 is 2.38 bits per heavy atom. The zero-order chi connectivity index (χ0) is 9.42. The van der Waals surface area contributed by atoms with Crippen LogP contribution in [0.2, 0.25) is 5.02 Å². The van der Waals surface area contributed by atoms with Crippen LogP contribution in [0.3, 0.4) is 0 Å². The first-order chi connectivity index (χ1) is 6.24. The highest BCUT2D eigenvalue weighted by Crippen LogP contribution is 2.39. The SMILES string of the molecule is N#Cc1ccc(Cl)c2c1[C@@H](N)CO2. The Balaban J connectivity index is 2.68. The van der Waals surface area contributed by atoms with Gasteiger partial charge in [-0.1, -0.05) is 11.6 Å². The molecule has 0 fully saturated rings. The van der Waals surface area contributed by atoms with E-state index in [0.717, 1.165) is 5.56 Å². The molecule has 1 atom stereocenters. The summed E-state index contributed by atoms with van der Waals surface area (Å²) in [5, 5.41) is 9.32. The first-order valence-electron chi connectivity index (χ1n) is 3.85. The highest BCUT2D eigenvalue weighted by Gasteiger charge is 2.26. The van der Waals surface area contributed by atoms with Gasteiger partial charge in [-0.2, -0.15) is 5.26 Å². The highest BCUT2D eigenvalue weighted by atomic mass is 35.5. The molecule has 2 rings (SSSR count). The standard InChI is InChI=1S/C9H7ClN2O/c10-6-2-1-5(3-11)8-7(12)4-13-9(6)8/h1-2,7H,4,12H2/t7-/m0/s1. The molecule has 66 valence electrons. The van der Waals surface area contributed by atoms with Crippen molar-refractivity contribution in [2.75, 3.05) is 6.61 Å². The van der Waals surface area contributed by atoms with Gasteiger partial charge in [-0.25, -0.2) is 0 Å². The summed E-state index contributed by atoms with van der Waals surface area (Å²) in [7, 11) is 0. The van der Waals surface area contributed by atoms with Crippen LogP contribution in [0.15, 0.2) is 12.1 Å². The molecule has 1 aromatic carbocycles. The van der Waals surface area contributed by atoms with Crippen molar-refractivity contribution >= 4 is 11.6 Å². The predicted octanol–water partition coefficient (Wildman–Crippen LogP) is 1.60. The van der Waals surface area contributed by atoms with Crippen molar-refractivity contribution in [2.45, 2.75) is 6.04 Å². The monoisotopic (exact) mass is 194 g/mol. The molecule has 0 bridgehead atoms. The van der Waals surface area contributed by atoms with Gasteiger partial charge >= 0.3 is 0 Å². The predicted molar refractivity (Wildman–Crippen MR) is 48.6 cm³/mol. The molecule has 13 heavy (non-hydrogen) atoms. The van der Waals surface area contributed by atoms with Crippen LogP contribution >= 0.6 is 11.6 Å². The lowest BCUT2D eigenvalue weighted by Gasteiger charge is -2.03. The van der Waals surface area contributed by atoms with E-state index in [1.165, 1.54) is 0 Å². The Bertz CT molecular complexity index is 397. The summed E-state index contributed by atoms with van der Waals surface area (Å²) >= 11 is 5.87. The highest BCUT2D eigenvalue weighted by molar-refractivity contribution is 6.32. The van der Waals surface area contributed by atoms with Gasteiger partial charge in [0.15, 0.2) is 0 Å². The summed E-state index contributed by atoms with van der Waals surface area (Å²) in [6, 6.07) is 5.15. The summed E-state index contributed by atoms with van der Waals surface area (Å²) < 4.78 is 5.28. The number of nitrogens with two attached hydrogens (primary N) is 1. The quantitative estimate of drug-likeness (QED) is 0.683. The van der Waals surface area contributed by atoms with E-state index in [1.54, 1.807) is 12.1 Å². The minimum atomic E-state index is -0.233. The fourth-order valence-corrected chi connectivity index (χ4v) is 1.66. The Labute approximate surface area is 80.7 Å². The number of rotatable bonds is 0. The van der Waals surface area contributed by atoms with E-state index in [9.17, 15) is 0 Å². The minimum absolute atomic E-state index is 0.233. The van der Waals surface area contributed by atoms with E-state index in [0.29, 0.717) is 22.9 Å². The van der Waals surface area contributed by atoms with E-state index >= 15 is 0 Å². The topological polar surface area (TPSA) is 59.0 Å². The number of ether oxygens (including phenoxy) is 1. The van der Waals surface area contributed by atoms with Gasteiger partial charge in [0.1, 0.15) is 12.4 Å². The maximum atomic E-state index is 8.81. The molecule has 1 aliphatic rings. The molecule has 1 aromatic rings. The molecule has 0 spiro atoms. The van der Waals surface area contributed by atoms with Gasteiger partial charge in [0, 0.05) is 5.56 Å². The number of hydrogen-bond acceptors (Lipinski definition) is 3. The molecule has 0 saturated heterocycles. The zero-order valence-corrected chi connectivity index (χ0v) is 7.51. The summed E-state index contributed by atoms with van der Waals surface area (Å²) in [6.07, 6.45) is 0. The number of nitrogens with zero attached hydrogens (tertiary/aromatic N) is 1. The summed E-state index contributed by atoms with van der Waals surface area (Å²) in [4.78, 5) is 0. The zero-order valence-electron chi connectivity index (χ0n) is 6.75. The van der Waals surface area contributed by atoms with Crippen molar-refractivity contribution in [3.8, 4) is 11.8 Å². The van der Waals surface area contributed by atoms with Gasteiger partial charge in [-0.15, -0.1) is 0 Å². The molecule has 0 aromatic heterocycles. The normalized spacial score (nSPS) is 19.0. The smallest absolute Gasteiger partial charge is 0.144 e. The molecular weight excluding hydrogens is 188 g/mol. The first-order valence-corrected chi connectivity index (χ1v) is 4.22. The molecule has 1 aliphatic heterocycles. The van der Waals surface area contributed by atoms with Crippen LogP contribution in [0.1, 0.15) is 17.2 Å². The third-order valence-electron chi connectivity index (χ3n) is 2.05. The van der Waals surface area contributed by atoms with Crippen molar-refractivity contribution in [3.63, 3.8) is 0 Å². The molecule has 0 unspecified atom stereocenters. The third kappa shape index (κ3) is 1.15. The van der Waals surface area contributed by atoms with Crippen LogP contribution in [0.4, 0.5) is 0 Å². The van der Waals surface area contributed by atoms with Crippen molar-refractivity contribution in [2.24, 2.45) is 5.73 Å². The number of fused-ring (bicyclic) bond motifs is 1. The molecule has 0 aliphatic carbocycles. The summed E-state index contributed by atoms with van der Waals surface area (Å²) in [5.41, 5.74) is 7.03. The Morgan fingerprint density at radius 3 is 3.08 bits per heavy atom. The van der Waals surface area contributed by atoms with Gasteiger partial charge in [0.05, 0.1) is 22.7 Å². The van der Waals surface area contributed by atoms with Crippen molar-refractivity contribution < 1.29 is 4.74 Å². The first kappa shape index (κ1) is 8.36. The average Bonchev–Trinajstić information content (AvgIpc) is 2.51. The van der Waals surface area contributed by atoms with Crippen LogP contribution in [-0.2, 0) is 0 Å². The number of nitriles is 1. The van der Waals surface area contributed by atoms with Crippen LogP contribution < -0.4 is 10.5 Å². The number of hydrogen-bond donors (Lipinski definition) is 1. The van der Waals surface area contributed by atoms with E-state index in [1.807, 2.05) is 0 Å². The van der Waals surface area contributed by atoms with E-state index in [4.69, 9.17) is 27.3 Å². The third-order valence-corrected chi connectivity index (χ3v) is 2.34. The summed E-state index contributed by atoms with van der Waals surface area (Å²) in [5.74, 6) is 0.563. The lowest BCUT2D eigenvalue weighted by molar-refractivity contribution is 0.333. The largest absolute Gasteiger partial charge is 0.490 e. The van der Waals surface area contributed by atoms with Crippen molar-refractivity contribution in [3.05, 3.63) is 28.3 Å². The average molecular weight is 195 g/mol. The lowest BCUT2D eigenvalue weighted by atomic mass is 10.0. The molecule has 0 radical (unpaired) electrons. The van der Waals surface area contributed by atoms with Gasteiger partial charge in [-0.3, -0.25) is 0 Å².